The minimum atomic E-state index is -0.382. The molecule has 0 saturated carbocycles. The quantitative estimate of drug-likeness (QED) is 0.815. The molecule has 0 amide bonds. The fourth-order valence-electron chi connectivity index (χ4n) is 1.72. The molecule has 0 aliphatic heterocycles. The molecule has 0 spiro atoms. The molecule has 0 aliphatic carbocycles. The average molecular weight is 393 g/mol. The first-order valence-corrected chi connectivity index (χ1v) is 7.18. The molecule has 2 aromatic rings. The summed E-state index contributed by atoms with van der Waals surface area (Å²) in [6.45, 7) is 1.94. The zero-order chi connectivity index (χ0) is 14.0. The molecule has 1 N–H and O–H groups in total. The molecule has 2 rings (SSSR count). The summed E-state index contributed by atoms with van der Waals surface area (Å²) < 4.78 is 13.6. The molecular weight excluding hydrogens is 382 g/mol. The van der Waals surface area contributed by atoms with Crippen molar-refractivity contribution in [1.29, 1.82) is 0 Å². The monoisotopic (exact) mass is 392 g/mol. The predicted octanol–water partition coefficient (Wildman–Crippen LogP) is 3.32. The molecule has 0 aliphatic rings. The van der Waals surface area contributed by atoms with E-state index >= 15 is 0 Å². The lowest BCUT2D eigenvalue weighted by atomic mass is 10.1. The summed E-state index contributed by atoms with van der Waals surface area (Å²) in [6.07, 6.45) is 1.06. The fourth-order valence-corrected chi connectivity index (χ4v) is 2.59. The van der Waals surface area contributed by atoms with E-state index in [-0.39, 0.29) is 11.4 Å². The third-order valence-corrected chi connectivity index (χ3v) is 4.15. The first-order chi connectivity index (χ1) is 9.01. The Morgan fingerprint density at radius 3 is 2.84 bits per heavy atom. The molecule has 100 valence electrons. The van der Waals surface area contributed by atoms with Crippen LogP contribution in [0.15, 0.2) is 23.0 Å². The Balaban J connectivity index is 2.38. The number of hydrogen-bond acceptors (Lipinski definition) is 2. The van der Waals surface area contributed by atoms with Crippen LogP contribution in [-0.4, -0.2) is 9.97 Å². The first-order valence-electron chi connectivity index (χ1n) is 5.72. The van der Waals surface area contributed by atoms with Gasteiger partial charge in [-0.15, -0.1) is 0 Å². The van der Waals surface area contributed by atoms with Crippen molar-refractivity contribution in [2.45, 2.75) is 19.8 Å². The molecule has 0 radical (unpaired) electrons. The van der Waals surface area contributed by atoms with Gasteiger partial charge in [-0.1, -0.05) is 24.6 Å². The Hall–Kier alpha value is -0.950. The number of H-pyrrole nitrogens is 1. The van der Waals surface area contributed by atoms with Gasteiger partial charge in [0.25, 0.3) is 5.56 Å². The fraction of sp³-hybridized carbons (Fsp3) is 0.231. The molecular formula is C13H11ClFIN2O. The Labute approximate surface area is 128 Å². The zero-order valence-electron chi connectivity index (χ0n) is 10.1. The van der Waals surface area contributed by atoms with E-state index in [9.17, 15) is 9.18 Å². The van der Waals surface area contributed by atoms with Crippen molar-refractivity contribution in [2.24, 2.45) is 0 Å². The highest BCUT2D eigenvalue weighted by molar-refractivity contribution is 14.1. The van der Waals surface area contributed by atoms with Crippen LogP contribution in [0.4, 0.5) is 4.39 Å². The number of aryl methyl sites for hydroxylation is 1. The zero-order valence-corrected chi connectivity index (χ0v) is 13.0. The van der Waals surface area contributed by atoms with Gasteiger partial charge in [-0.25, -0.2) is 9.37 Å². The van der Waals surface area contributed by atoms with Gasteiger partial charge < -0.3 is 4.98 Å². The van der Waals surface area contributed by atoms with E-state index < -0.39 is 0 Å². The normalized spacial score (nSPS) is 10.7. The number of aromatic amines is 1. The summed E-state index contributed by atoms with van der Waals surface area (Å²) in [6, 6.07) is 4.19. The third-order valence-electron chi connectivity index (χ3n) is 2.69. The smallest absolute Gasteiger partial charge is 0.264 e. The second-order valence-corrected chi connectivity index (χ2v) is 5.53. The SMILES string of the molecule is CCc1nc(Cc2ccc(F)cc2Cl)[nH]c(=O)c1I. The van der Waals surface area contributed by atoms with E-state index in [4.69, 9.17) is 11.6 Å². The minimum Gasteiger partial charge on any atom is -0.309 e. The number of aromatic nitrogens is 2. The molecule has 19 heavy (non-hydrogen) atoms. The molecule has 1 aromatic heterocycles. The summed E-state index contributed by atoms with van der Waals surface area (Å²) in [4.78, 5) is 18.9. The first kappa shape index (κ1) is 14.5. The van der Waals surface area contributed by atoms with Gasteiger partial charge in [-0.3, -0.25) is 4.79 Å². The summed E-state index contributed by atoms with van der Waals surface area (Å²) in [5.74, 6) is 0.155. The van der Waals surface area contributed by atoms with Crippen LogP contribution in [0.2, 0.25) is 5.02 Å². The molecule has 0 unspecified atom stereocenters. The lowest BCUT2D eigenvalue weighted by Gasteiger charge is -2.06. The highest BCUT2D eigenvalue weighted by atomic mass is 127. The average Bonchev–Trinajstić information content (AvgIpc) is 2.37. The Morgan fingerprint density at radius 2 is 2.21 bits per heavy atom. The van der Waals surface area contributed by atoms with Gasteiger partial charge in [0.1, 0.15) is 11.6 Å². The molecule has 0 saturated heterocycles. The molecule has 1 heterocycles. The minimum absolute atomic E-state index is 0.152. The van der Waals surface area contributed by atoms with Gasteiger partial charge in [0.2, 0.25) is 0 Å². The largest absolute Gasteiger partial charge is 0.309 e. The Kier molecular flexibility index (Phi) is 4.57. The van der Waals surface area contributed by atoms with Crippen molar-refractivity contribution in [3.63, 3.8) is 0 Å². The van der Waals surface area contributed by atoms with Gasteiger partial charge >= 0.3 is 0 Å². The maximum Gasteiger partial charge on any atom is 0.264 e. The van der Waals surface area contributed by atoms with Crippen LogP contribution in [0, 0.1) is 9.39 Å². The lowest BCUT2D eigenvalue weighted by molar-refractivity contribution is 0.627. The van der Waals surface area contributed by atoms with Crippen molar-refractivity contribution in [3.05, 3.63) is 60.0 Å². The second-order valence-electron chi connectivity index (χ2n) is 4.04. The van der Waals surface area contributed by atoms with E-state index in [0.717, 1.165) is 11.3 Å². The Morgan fingerprint density at radius 1 is 1.47 bits per heavy atom. The van der Waals surface area contributed by atoms with Crippen LogP contribution in [0.25, 0.3) is 0 Å². The number of benzene rings is 1. The second kappa shape index (κ2) is 6.00. The summed E-state index contributed by atoms with van der Waals surface area (Å²) >= 11 is 7.94. The molecule has 6 heteroatoms. The van der Waals surface area contributed by atoms with E-state index in [1.54, 1.807) is 6.07 Å². The van der Waals surface area contributed by atoms with Gasteiger partial charge in [-0.05, 0) is 46.7 Å². The van der Waals surface area contributed by atoms with Crippen molar-refractivity contribution in [1.82, 2.24) is 9.97 Å². The standard InChI is InChI=1S/C13H11ClFIN2O/c1-2-10-12(16)13(19)18-11(17-10)5-7-3-4-8(15)6-9(7)14/h3-4,6H,2,5H2,1H3,(H,17,18,19). The topological polar surface area (TPSA) is 45.8 Å². The molecule has 3 nitrogen and oxygen atoms in total. The van der Waals surface area contributed by atoms with Crippen molar-refractivity contribution in [2.75, 3.05) is 0 Å². The van der Waals surface area contributed by atoms with Crippen LogP contribution < -0.4 is 5.56 Å². The maximum atomic E-state index is 13.0. The number of nitrogens with zero attached hydrogens (tertiary/aromatic N) is 1. The molecule has 1 aromatic carbocycles. The van der Waals surface area contributed by atoms with Gasteiger partial charge in [-0.2, -0.15) is 0 Å². The highest BCUT2D eigenvalue weighted by Crippen LogP contribution is 2.19. The van der Waals surface area contributed by atoms with Crippen molar-refractivity contribution in [3.8, 4) is 0 Å². The summed E-state index contributed by atoms with van der Waals surface area (Å²) in [5.41, 5.74) is 1.34. The van der Waals surface area contributed by atoms with E-state index in [2.05, 4.69) is 9.97 Å². The third kappa shape index (κ3) is 3.33. The molecule has 0 atom stereocenters. The van der Waals surface area contributed by atoms with Crippen LogP contribution in [0.1, 0.15) is 24.0 Å². The summed E-state index contributed by atoms with van der Waals surface area (Å²) in [7, 11) is 0. The van der Waals surface area contributed by atoms with Crippen molar-refractivity contribution >= 4 is 34.2 Å². The molecule has 0 bridgehead atoms. The Bertz CT molecular complexity index is 672. The van der Waals surface area contributed by atoms with E-state index in [1.165, 1.54) is 12.1 Å². The van der Waals surface area contributed by atoms with Crippen LogP contribution in [0.5, 0.6) is 0 Å². The number of hydrogen-bond donors (Lipinski definition) is 1. The van der Waals surface area contributed by atoms with E-state index in [0.29, 0.717) is 27.3 Å². The predicted molar refractivity (Wildman–Crippen MR) is 81.2 cm³/mol. The van der Waals surface area contributed by atoms with Crippen LogP contribution >= 0.6 is 34.2 Å². The van der Waals surface area contributed by atoms with Crippen molar-refractivity contribution < 1.29 is 4.39 Å². The number of halogens is 3. The lowest BCUT2D eigenvalue weighted by Crippen LogP contribution is -2.18. The van der Waals surface area contributed by atoms with Gasteiger partial charge in [0.15, 0.2) is 0 Å². The van der Waals surface area contributed by atoms with Crippen LogP contribution in [-0.2, 0) is 12.8 Å². The van der Waals surface area contributed by atoms with Gasteiger partial charge in [0.05, 0.1) is 9.26 Å². The number of rotatable bonds is 3. The maximum absolute atomic E-state index is 13.0. The van der Waals surface area contributed by atoms with Gasteiger partial charge in [0, 0.05) is 11.4 Å². The highest BCUT2D eigenvalue weighted by Gasteiger charge is 2.09. The molecule has 0 fully saturated rings. The van der Waals surface area contributed by atoms with E-state index in [1.807, 2.05) is 29.5 Å². The van der Waals surface area contributed by atoms with Crippen LogP contribution in [0.3, 0.4) is 0 Å². The summed E-state index contributed by atoms with van der Waals surface area (Å²) in [5, 5.41) is 0.333. The number of nitrogens with one attached hydrogen (secondary N) is 1.